The monoisotopic (exact) mass is 290 g/mol. The SMILES string of the molecule is CCc1cc2c(N3CCC(N)C(CC)C3)ncnc2s1. The summed E-state index contributed by atoms with van der Waals surface area (Å²) in [7, 11) is 0. The zero-order valence-corrected chi connectivity index (χ0v) is 13.0. The molecule has 4 nitrogen and oxygen atoms in total. The Morgan fingerprint density at radius 3 is 3.00 bits per heavy atom. The Hall–Kier alpha value is -1.20. The van der Waals surface area contributed by atoms with Crippen molar-refractivity contribution < 1.29 is 0 Å². The van der Waals surface area contributed by atoms with Gasteiger partial charge in [-0.1, -0.05) is 20.3 Å². The van der Waals surface area contributed by atoms with Crippen LogP contribution in [-0.4, -0.2) is 29.1 Å². The number of hydrogen-bond donors (Lipinski definition) is 1. The molecule has 1 fully saturated rings. The lowest BCUT2D eigenvalue weighted by atomic mass is 9.90. The van der Waals surface area contributed by atoms with Gasteiger partial charge in [0, 0.05) is 24.0 Å². The highest BCUT2D eigenvalue weighted by molar-refractivity contribution is 7.18. The number of aryl methyl sites for hydroxylation is 1. The van der Waals surface area contributed by atoms with Crippen LogP contribution in [0.2, 0.25) is 0 Å². The molecule has 3 rings (SSSR count). The van der Waals surface area contributed by atoms with Gasteiger partial charge >= 0.3 is 0 Å². The molecule has 2 aromatic rings. The predicted molar refractivity (Wildman–Crippen MR) is 85.4 cm³/mol. The predicted octanol–water partition coefficient (Wildman–Crippen LogP) is 2.82. The molecule has 0 amide bonds. The molecule has 1 aliphatic heterocycles. The van der Waals surface area contributed by atoms with Crippen LogP contribution in [0.1, 0.15) is 31.6 Å². The van der Waals surface area contributed by atoms with E-state index in [2.05, 4.69) is 34.8 Å². The molecule has 3 heterocycles. The molecule has 2 atom stereocenters. The Balaban J connectivity index is 1.95. The first-order chi connectivity index (χ1) is 9.72. The van der Waals surface area contributed by atoms with Crippen molar-refractivity contribution in [3.8, 4) is 0 Å². The zero-order chi connectivity index (χ0) is 14.1. The van der Waals surface area contributed by atoms with Crippen LogP contribution in [-0.2, 0) is 6.42 Å². The average Bonchev–Trinajstić information content (AvgIpc) is 2.91. The van der Waals surface area contributed by atoms with Crippen LogP contribution in [0.3, 0.4) is 0 Å². The molecule has 2 aromatic heterocycles. The van der Waals surface area contributed by atoms with Crippen LogP contribution in [0.5, 0.6) is 0 Å². The van der Waals surface area contributed by atoms with E-state index in [4.69, 9.17) is 5.73 Å². The smallest absolute Gasteiger partial charge is 0.140 e. The maximum Gasteiger partial charge on any atom is 0.140 e. The Morgan fingerprint density at radius 2 is 2.25 bits per heavy atom. The minimum atomic E-state index is 0.335. The van der Waals surface area contributed by atoms with Crippen molar-refractivity contribution in [3.63, 3.8) is 0 Å². The standard InChI is InChI=1S/C15H22N4S/c1-3-10-8-19(6-5-13(10)16)14-12-7-11(4-2)20-15(12)18-9-17-14/h7,9-10,13H,3-6,8,16H2,1-2H3. The molecule has 2 unspecified atom stereocenters. The number of anilines is 1. The number of thiophene rings is 1. The van der Waals surface area contributed by atoms with E-state index in [0.29, 0.717) is 12.0 Å². The van der Waals surface area contributed by atoms with Crippen molar-refractivity contribution in [2.24, 2.45) is 11.7 Å². The molecule has 0 aromatic carbocycles. The number of nitrogens with two attached hydrogens (primary N) is 1. The van der Waals surface area contributed by atoms with Gasteiger partial charge in [-0.25, -0.2) is 9.97 Å². The molecule has 0 spiro atoms. The van der Waals surface area contributed by atoms with Crippen LogP contribution >= 0.6 is 11.3 Å². The minimum absolute atomic E-state index is 0.335. The Kier molecular flexibility index (Phi) is 3.89. The van der Waals surface area contributed by atoms with Crippen LogP contribution in [0.25, 0.3) is 10.2 Å². The van der Waals surface area contributed by atoms with E-state index < -0.39 is 0 Å². The van der Waals surface area contributed by atoms with Gasteiger partial charge in [-0.15, -0.1) is 11.3 Å². The van der Waals surface area contributed by atoms with Crippen LogP contribution in [0.4, 0.5) is 5.82 Å². The molecule has 0 saturated carbocycles. The van der Waals surface area contributed by atoms with Crippen molar-refractivity contribution in [1.82, 2.24) is 9.97 Å². The number of aromatic nitrogens is 2. The molecular formula is C15H22N4S. The summed E-state index contributed by atoms with van der Waals surface area (Å²) in [4.78, 5) is 13.8. The van der Waals surface area contributed by atoms with E-state index in [0.717, 1.165) is 43.0 Å². The molecule has 1 saturated heterocycles. The Morgan fingerprint density at radius 1 is 1.40 bits per heavy atom. The summed E-state index contributed by atoms with van der Waals surface area (Å²) in [5, 5.41) is 1.21. The Bertz CT molecular complexity index is 595. The number of hydrogen-bond acceptors (Lipinski definition) is 5. The molecule has 0 radical (unpaired) electrons. The number of rotatable bonds is 3. The van der Waals surface area contributed by atoms with Crippen molar-refractivity contribution in [2.75, 3.05) is 18.0 Å². The highest BCUT2D eigenvalue weighted by Gasteiger charge is 2.27. The van der Waals surface area contributed by atoms with Gasteiger partial charge in [0.25, 0.3) is 0 Å². The van der Waals surface area contributed by atoms with E-state index in [1.807, 2.05) is 0 Å². The summed E-state index contributed by atoms with van der Waals surface area (Å²) in [6.07, 6.45) is 4.94. The van der Waals surface area contributed by atoms with E-state index in [1.54, 1.807) is 17.7 Å². The van der Waals surface area contributed by atoms with E-state index >= 15 is 0 Å². The number of fused-ring (bicyclic) bond motifs is 1. The summed E-state index contributed by atoms with van der Waals surface area (Å²) < 4.78 is 0. The fourth-order valence-corrected chi connectivity index (χ4v) is 3.92. The molecule has 5 heteroatoms. The van der Waals surface area contributed by atoms with Gasteiger partial charge in [-0.05, 0) is 24.8 Å². The third-order valence-electron chi connectivity index (χ3n) is 4.32. The van der Waals surface area contributed by atoms with Crippen LogP contribution in [0.15, 0.2) is 12.4 Å². The quantitative estimate of drug-likeness (QED) is 0.944. The van der Waals surface area contributed by atoms with Crippen molar-refractivity contribution in [3.05, 3.63) is 17.3 Å². The lowest BCUT2D eigenvalue weighted by molar-refractivity contribution is 0.347. The van der Waals surface area contributed by atoms with Gasteiger partial charge < -0.3 is 10.6 Å². The topological polar surface area (TPSA) is 55.0 Å². The second kappa shape index (κ2) is 5.66. The maximum atomic E-state index is 6.21. The average molecular weight is 290 g/mol. The maximum absolute atomic E-state index is 6.21. The van der Waals surface area contributed by atoms with Gasteiger partial charge in [-0.3, -0.25) is 0 Å². The van der Waals surface area contributed by atoms with E-state index in [9.17, 15) is 0 Å². The highest BCUT2D eigenvalue weighted by Crippen LogP contribution is 2.32. The normalized spacial score (nSPS) is 23.4. The number of nitrogens with zero attached hydrogens (tertiary/aromatic N) is 3. The zero-order valence-electron chi connectivity index (χ0n) is 12.2. The summed E-state index contributed by atoms with van der Waals surface area (Å²) >= 11 is 1.78. The van der Waals surface area contributed by atoms with Gasteiger partial charge in [0.1, 0.15) is 17.0 Å². The third kappa shape index (κ3) is 2.40. The van der Waals surface area contributed by atoms with Crippen molar-refractivity contribution in [2.45, 2.75) is 39.2 Å². The van der Waals surface area contributed by atoms with Crippen LogP contribution in [0, 0.1) is 5.92 Å². The van der Waals surface area contributed by atoms with Crippen LogP contribution < -0.4 is 10.6 Å². The second-order valence-electron chi connectivity index (χ2n) is 5.55. The first-order valence-corrected chi connectivity index (χ1v) is 8.28. The number of piperidine rings is 1. The van der Waals surface area contributed by atoms with Gasteiger partial charge in [0.2, 0.25) is 0 Å². The van der Waals surface area contributed by atoms with E-state index in [-0.39, 0.29) is 0 Å². The largest absolute Gasteiger partial charge is 0.356 e. The molecule has 20 heavy (non-hydrogen) atoms. The van der Waals surface area contributed by atoms with Gasteiger partial charge in [0.05, 0.1) is 5.39 Å². The summed E-state index contributed by atoms with van der Waals surface area (Å²) in [5.74, 6) is 1.66. The minimum Gasteiger partial charge on any atom is -0.356 e. The highest BCUT2D eigenvalue weighted by atomic mass is 32.1. The second-order valence-corrected chi connectivity index (χ2v) is 6.66. The third-order valence-corrected chi connectivity index (χ3v) is 5.51. The van der Waals surface area contributed by atoms with Gasteiger partial charge in [0.15, 0.2) is 0 Å². The molecule has 2 N–H and O–H groups in total. The lowest BCUT2D eigenvalue weighted by Gasteiger charge is -2.37. The first kappa shape index (κ1) is 13.8. The molecule has 108 valence electrons. The molecule has 0 aliphatic carbocycles. The molecule has 1 aliphatic rings. The molecular weight excluding hydrogens is 268 g/mol. The summed E-state index contributed by atoms with van der Waals surface area (Å²) in [6.45, 7) is 6.43. The van der Waals surface area contributed by atoms with Gasteiger partial charge in [-0.2, -0.15) is 0 Å². The summed E-state index contributed by atoms with van der Waals surface area (Å²) in [5.41, 5.74) is 6.21. The van der Waals surface area contributed by atoms with Crippen molar-refractivity contribution in [1.29, 1.82) is 0 Å². The molecule has 0 bridgehead atoms. The lowest BCUT2D eigenvalue weighted by Crippen LogP contribution is -2.47. The fraction of sp³-hybridized carbons (Fsp3) is 0.600. The first-order valence-electron chi connectivity index (χ1n) is 7.46. The Labute approximate surface area is 124 Å². The fourth-order valence-electron chi connectivity index (χ4n) is 2.99. The summed E-state index contributed by atoms with van der Waals surface area (Å²) in [6, 6.07) is 2.59. The van der Waals surface area contributed by atoms with E-state index in [1.165, 1.54) is 10.3 Å². The van der Waals surface area contributed by atoms with Crippen molar-refractivity contribution >= 4 is 27.4 Å².